The first-order chi connectivity index (χ1) is 13.4. The molecule has 2 rings (SSSR count). The average Bonchev–Trinajstić information content (AvgIpc) is 2.93. The topological polar surface area (TPSA) is 91.3 Å². The van der Waals surface area contributed by atoms with Crippen LogP contribution in [-0.2, 0) is 16.6 Å². The highest BCUT2D eigenvalue weighted by Crippen LogP contribution is 2.35. The Morgan fingerprint density at radius 2 is 1.45 bits per heavy atom. The van der Waals surface area contributed by atoms with Crippen molar-refractivity contribution in [1.29, 1.82) is 0 Å². The SMILES string of the molecule is CCCCn1c(=O)on(S(=O)(=O)c2c(C(C)C)cc(C(C)C)cc2C(C)C)c1=O. The molecule has 2 aromatic rings. The van der Waals surface area contributed by atoms with Crippen LogP contribution in [0.4, 0.5) is 0 Å². The fraction of sp³-hybridized carbons (Fsp3) is 0.619. The molecule has 0 amide bonds. The second kappa shape index (κ2) is 8.73. The molecular formula is C21H32N2O5S. The lowest BCUT2D eigenvalue weighted by molar-refractivity contribution is 0.329. The molecule has 0 spiro atoms. The maximum Gasteiger partial charge on any atom is 0.443 e. The summed E-state index contributed by atoms with van der Waals surface area (Å²) < 4.78 is 33.1. The minimum atomic E-state index is -4.37. The number of aromatic nitrogens is 2. The summed E-state index contributed by atoms with van der Waals surface area (Å²) in [7, 11) is -4.37. The molecule has 0 N–H and O–H groups in total. The third kappa shape index (κ3) is 4.42. The Bertz CT molecular complexity index is 1060. The first kappa shape index (κ1) is 23.2. The van der Waals surface area contributed by atoms with Crippen molar-refractivity contribution in [3.05, 3.63) is 49.9 Å². The van der Waals surface area contributed by atoms with Gasteiger partial charge in [-0.25, -0.2) is 14.2 Å². The molecule has 0 radical (unpaired) electrons. The third-order valence-electron chi connectivity index (χ3n) is 5.06. The Morgan fingerprint density at radius 1 is 0.931 bits per heavy atom. The van der Waals surface area contributed by atoms with Gasteiger partial charge in [0, 0.05) is 6.54 Å². The highest BCUT2D eigenvalue weighted by molar-refractivity contribution is 7.89. The number of hydrogen-bond acceptors (Lipinski definition) is 5. The van der Waals surface area contributed by atoms with E-state index in [1.165, 1.54) is 0 Å². The molecule has 0 aliphatic carbocycles. The fourth-order valence-electron chi connectivity index (χ4n) is 3.26. The number of nitrogens with zero attached hydrogens (tertiary/aromatic N) is 2. The largest absolute Gasteiger partial charge is 0.443 e. The molecule has 0 aliphatic heterocycles. The molecule has 0 atom stereocenters. The van der Waals surface area contributed by atoms with Crippen LogP contribution in [0.25, 0.3) is 0 Å². The quantitative estimate of drug-likeness (QED) is 0.638. The van der Waals surface area contributed by atoms with Gasteiger partial charge in [-0.1, -0.05) is 67.0 Å². The van der Waals surface area contributed by atoms with Gasteiger partial charge in [-0.05, 0) is 45.0 Å². The predicted molar refractivity (Wildman–Crippen MR) is 113 cm³/mol. The van der Waals surface area contributed by atoms with Crippen LogP contribution >= 0.6 is 0 Å². The van der Waals surface area contributed by atoms with Crippen molar-refractivity contribution in [2.75, 3.05) is 0 Å². The Morgan fingerprint density at radius 3 is 1.86 bits per heavy atom. The Hall–Kier alpha value is -2.09. The van der Waals surface area contributed by atoms with Gasteiger partial charge in [-0.2, -0.15) is 8.42 Å². The van der Waals surface area contributed by atoms with Gasteiger partial charge in [0.05, 0.1) is 4.90 Å². The van der Waals surface area contributed by atoms with Crippen molar-refractivity contribution in [3.63, 3.8) is 0 Å². The molecular weight excluding hydrogens is 392 g/mol. The number of rotatable bonds is 8. The summed E-state index contributed by atoms with van der Waals surface area (Å²) >= 11 is 0. The van der Waals surface area contributed by atoms with Gasteiger partial charge in [0.25, 0.3) is 10.0 Å². The van der Waals surface area contributed by atoms with Crippen LogP contribution in [0.3, 0.4) is 0 Å². The maximum absolute atomic E-state index is 13.5. The molecule has 162 valence electrons. The van der Waals surface area contributed by atoms with Crippen molar-refractivity contribution < 1.29 is 12.9 Å². The van der Waals surface area contributed by atoms with Gasteiger partial charge in [-0.15, -0.1) is 0 Å². The van der Waals surface area contributed by atoms with E-state index in [-0.39, 0.29) is 33.3 Å². The molecule has 0 unspecified atom stereocenters. The van der Waals surface area contributed by atoms with Crippen LogP contribution in [-0.4, -0.2) is 17.1 Å². The minimum Gasteiger partial charge on any atom is -0.301 e. The molecule has 0 fully saturated rings. The van der Waals surface area contributed by atoms with Crippen LogP contribution in [0.1, 0.15) is 95.8 Å². The molecule has 0 saturated carbocycles. The van der Waals surface area contributed by atoms with Gasteiger partial charge in [0.1, 0.15) is 0 Å². The highest BCUT2D eigenvalue weighted by Gasteiger charge is 2.32. The minimum absolute atomic E-state index is 0.0605. The zero-order valence-corrected chi connectivity index (χ0v) is 19.2. The summed E-state index contributed by atoms with van der Waals surface area (Å²) in [6, 6.07) is 3.76. The van der Waals surface area contributed by atoms with Gasteiger partial charge in [0.2, 0.25) is 0 Å². The van der Waals surface area contributed by atoms with E-state index in [1.54, 1.807) is 0 Å². The van der Waals surface area contributed by atoms with Crippen molar-refractivity contribution in [3.8, 4) is 0 Å². The fourth-order valence-corrected chi connectivity index (χ4v) is 5.08. The van der Waals surface area contributed by atoms with E-state index in [9.17, 15) is 18.0 Å². The molecule has 1 heterocycles. The molecule has 1 aromatic heterocycles. The summed E-state index contributed by atoms with van der Waals surface area (Å²) in [6.45, 7) is 13.8. The lowest BCUT2D eigenvalue weighted by Gasteiger charge is -2.22. The first-order valence-electron chi connectivity index (χ1n) is 10.2. The van der Waals surface area contributed by atoms with E-state index in [2.05, 4.69) is 13.8 Å². The van der Waals surface area contributed by atoms with E-state index >= 15 is 0 Å². The van der Waals surface area contributed by atoms with Crippen molar-refractivity contribution in [2.45, 2.75) is 90.5 Å². The van der Waals surface area contributed by atoms with Crippen LogP contribution in [0, 0.1) is 0 Å². The maximum atomic E-state index is 13.5. The molecule has 0 aliphatic rings. The Balaban J connectivity index is 2.86. The van der Waals surface area contributed by atoms with E-state index in [4.69, 9.17) is 4.52 Å². The average molecular weight is 425 g/mol. The zero-order valence-electron chi connectivity index (χ0n) is 18.4. The zero-order chi connectivity index (χ0) is 22.1. The monoisotopic (exact) mass is 424 g/mol. The second-order valence-electron chi connectivity index (χ2n) is 8.37. The van der Waals surface area contributed by atoms with E-state index in [0.717, 1.165) is 16.6 Å². The van der Waals surface area contributed by atoms with Crippen LogP contribution in [0.15, 0.2) is 31.1 Å². The lowest BCUT2D eigenvalue weighted by Crippen LogP contribution is -2.32. The molecule has 8 heteroatoms. The number of benzene rings is 1. The van der Waals surface area contributed by atoms with Gasteiger partial charge >= 0.3 is 11.4 Å². The van der Waals surface area contributed by atoms with Gasteiger partial charge in [-0.3, -0.25) is 0 Å². The number of unbranched alkanes of at least 4 members (excludes halogenated alkanes) is 1. The van der Waals surface area contributed by atoms with Crippen molar-refractivity contribution in [1.82, 2.24) is 8.71 Å². The van der Waals surface area contributed by atoms with Gasteiger partial charge < -0.3 is 4.52 Å². The second-order valence-corrected chi connectivity index (χ2v) is 10.1. The summed E-state index contributed by atoms with van der Waals surface area (Å²) in [5.41, 5.74) is 1.32. The smallest absolute Gasteiger partial charge is 0.301 e. The molecule has 0 bridgehead atoms. The van der Waals surface area contributed by atoms with E-state index < -0.39 is 21.5 Å². The Labute approximate surface area is 172 Å². The molecule has 1 aromatic carbocycles. The summed E-state index contributed by atoms with van der Waals surface area (Å²) in [6.07, 6.45) is 1.34. The highest BCUT2D eigenvalue weighted by atomic mass is 32.2. The summed E-state index contributed by atoms with van der Waals surface area (Å²) in [5, 5.41) is 0. The van der Waals surface area contributed by atoms with Gasteiger partial charge in [0.15, 0.2) is 0 Å². The molecule has 0 saturated heterocycles. The summed E-state index contributed by atoms with van der Waals surface area (Å²) in [4.78, 5) is 24.9. The number of hydrogen-bond donors (Lipinski definition) is 0. The van der Waals surface area contributed by atoms with Crippen LogP contribution in [0.5, 0.6) is 0 Å². The third-order valence-corrected chi connectivity index (χ3v) is 6.71. The normalized spacial score (nSPS) is 12.5. The van der Waals surface area contributed by atoms with E-state index in [0.29, 0.717) is 17.5 Å². The van der Waals surface area contributed by atoms with Crippen molar-refractivity contribution >= 4 is 10.0 Å². The standard InChI is InChI=1S/C21H32N2O5S/c1-8-9-10-22-20(24)23(28-21(22)25)29(26,27)19-17(14(4)5)11-16(13(2)3)12-18(19)15(6)7/h11-15H,8-10H2,1-7H3. The molecule has 7 nitrogen and oxygen atoms in total. The first-order valence-corrected chi connectivity index (χ1v) is 11.6. The van der Waals surface area contributed by atoms with Crippen molar-refractivity contribution in [2.24, 2.45) is 0 Å². The van der Waals surface area contributed by atoms with Crippen LogP contribution < -0.4 is 11.4 Å². The van der Waals surface area contributed by atoms with E-state index in [1.807, 2.05) is 46.8 Å². The lowest BCUT2D eigenvalue weighted by atomic mass is 9.89. The molecule has 29 heavy (non-hydrogen) atoms. The Kier molecular flexibility index (Phi) is 6.98. The van der Waals surface area contributed by atoms with Crippen LogP contribution in [0.2, 0.25) is 0 Å². The predicted octanol–water partition coefficient (Wildman–Crippen LogP) is 4.01. The summed E-state index contributed by atoms with van der Waals surface area (Å²) in [5.74, 6) is -0.929.